The Kier molecular flexibility index (Phi) is 1.65. The smallest absolute Gasteiger partial charge is 0.187 e. The van der Waals surface area contributed by atoms with E-state index >= 15 is 0 Å². The first-order valence-corrected chi connectivity index (χ1v) is 4.06. The molecule has 0 aliphatic heterocycles. The molecule has 0 saturated carbocycles. The van der Waals surface area contributed by atoms with Crippen molar-refractivity contribution in [3.05, 3.63) is 18.5 Å². The molecule has 2 rings (SSSR count). The quantitative estimate of drug-likeness (QED) is 0.630. The molecular formula is C6H4IN3O. The fraction of sp³-hybridized carbons (Fsp3) is 0. The van der Waals surface area contributed by atoms with Gasteiger partial charge in [-0.3, -0.25) is 4.98 Å². The van der Waals surface area contributed by atoms with Crippen molar-refractivity contribution in [1.29, 1.82) is 0 Å². The van der Waals surface area contributed by atoms with Crippen LogP contribution in [0.1, 0.15) is 0 Å². The Balaban J connectivity index is 2.76. The highest BCUT2D eigenvalue weighted by Crippen LogP contribution is 2.21. The Morgan fingerprint density at radius 1 is 1.55 bits per heavy atom. The lowest BCUT2D eigenvalue weighted by atomic mass is 10.3. The van der Waals surface area contributed by atoms with Gasteiger partial charge in [-0.1, -0.05) is 5.16 Å². The highest BCUT2D eigenvalue weighted by Gasteiger charge is 2.04. The number of fused-ring (bicyclic) bond motifs is 1. The highest BCUT2D eigenvalue weighted by atomic mass is 127. The van der Waals surface area contributed by atoms with E-state index in [-0.39, 0.29) is 0 Å². The van der Waals surface area contributed by atoms with Gasteiger partial charge in [-0.25, -0.2) is 0 Å². The number of hydrogen-bond donors (Lipinski definition) is 1. The fourth-order valence-electron chi connectivity index (χ4n) is 0.860. The largest absolute Gasteiger partial charge is 0.352 e. The summed E-state index contributed by atoms with van der Waals surface area (Å²) >= 11 is 2.01. The molecule has 5 heteroatoms. The Bertz CT molecular complexity index is 373. The predicted molar refractivity (Wildman–Crippen MR) is 49.4 cm³/mol. The van der Waals surface area contributed by atoms with Crippen LogP contribution in [0.3, 0.4) is 0 Å². The van der Waals surface area contributed by atoms with Crippen LogP contribution in [0.4, 0.5) is 5.82 Å². The van der Waals surface area contributed by atoms with Crippen molar-refractivity contribution in [1.82, 2.24) is 10.1 Å². The molecule has 0 fully saturated rings. The molecule has 0 atom stereocenters. The Morgan fingerprint density at radius 2 is 2.45 bits per heavy atom. The van der Waals surface area contributed by atoms with E-state index in [9.17, 15) is 0 Å². The second-order valence-electron chi connectivity index (χ2n) is 2.00. The molecule has 2 aromatic heterocycles. The molecule has 4 nitrogen and oxygen atoms in total. The third-order valence-corrected chi connectivity index (χ3v) is 1.88. The molecule has 0 bridgehead atoms. The van der Waals surface area contributed by atoms with Crippen molar-refractivity contribution < 1.29 is 4.52 Å². The summed E-state index contributed by atoms with van der Waals surface area (Å²) in [5, 5.41) is 4.73. The van der Waals surface area contributed by atoms with Crippen molar-refractivity contribution in [2.24, 2.45) is 0 Å². The lowest BCUT2D eigenvalue weighted by Crippen LogP contribution is -1.77. The van der Waals surface area contributed by atoms with E-state index in [1.54, 1.807) is 12.4 Å². The lowest BCUT2D eigenvalue weighted by Gasteiger charge is -1.87. The molecule has 11 heavy (non-hydrogen) atoms. The minimum absolute atomic E-state index is 0.701. The van der Waals surface area contributed by atoms with Crippen LogP contribution in [-0.2, 0) is 0 Å². The number of nitrogens with one attached hydrogen (secondary N) is 1. The summed E-state index contributed by atoms with van der Waals surface area (Å²) in [6.45, 7) is 0. The first kappa shape index (κ1) is 6.84. The van der Waals surface area contributed by atoms with Crippen LogP contribution in [0, 0.1) is 0 Å². The molecule has 2 heterocycles. The Morgan fingerprint density at radius 3 is 3.27 bits per heavy atom. The van der Waals surface area contributed by atoms with Gasteiger partial charge in [-0.05, 0) is 6.07 Å². The summed E-state index contributed by atoms with van der Waals surface area (Å²) in [6, 6.07) is 1.85. The first-order valence-electron chi connectivity index (χ1n) is 2.98. The van der Waals surface area contributed by atoms with E-state index in [1.165, 1.54) is 0 Å². The van der Waals surface area contributed by atoms with Crippen LogP contribution in [-0.4, -0.2) is 10.1 Å². The molecule has 0 amide bonds. The van der Waals surface area contributed by atoms with Gasteiger partial charge in [0.2, 0.25) is 0 Å². The number of hydrogen-bond acceptors (Lipinski definition) is 4. The number of halogens is 1. The average Bonchev–Trinajstić information content (AvgIpc) is 2.47. The van der Waals surface area contributed by atoms with Gasteiger partial charge in [0.25, 0.3) is 0 Å². The molecule has 0 aliphatic rings. The van der Waals surface area contributed by atoms with Gasteiger partial charge in [-0.2, -0.15) is 0 Å². The van der Waals surface area contributed by atoms with Crippen LogP contribution in [0.25, 0.3) is 11.0 Å². The van der Waals surface area contributed by atoms with Gasteiger partial charge in [0.15, 0.2) is 11.4 Å². The van der Waals surface area contributed by atoms with Gasteiger partial charge in [-0.15, -0.1) is 0 Å². The van der Waals surface area contributed by atoms with Crippen molar-refractivity contribution in [3.8, 4) is 0 Å². The highest BCUT2D eigenvalue weighted by molar-refractivity contribution is 14.1. The zero-order valence-electron chi connectivity index (χ0n) is 5.41. The summed E-state index contributed by atoms with van der Waals surface area (Å²) < 4.78 is 7.85. The van der Waals surface area contributed by atoms with E-state index in [0.717, 1.165) is 11.2 Å². The van der Waals surface area contributed by atoms with Gasteiger partial charge in [0.05, 0.1) is 34.4 Å². The van der Waals surface area contributed by atoms with Gasteiger partial charge >= 0.3 is 0 Å². The van der Waals surface area contributed by atoms with Crippen LogP contribution >= 0.6 is 22.9 Å². The minimum atomic E-state index is 0.701. The average molecular weight is 261 g/mol. The minimum Gasteiger partial charge on any atom is -0.352 e. The second-order valence-corrected chi connectivity index (χ2v) is 2.54. The summed E-state index contributed by atoms with van der Waals surface area (Å²) in [5.41, 5.74) is 0.701. The van der Waals surface area contributed by atoms with E-state index in [2.05, 4.69) is 13.7 Å². The summed E-state index contributed by atoms with van der Waals surface area (Å²) in [5.74, 6) is 0.739. The fourth-order valence-corrected chi connectivity index (χ4v) is 1.25. The standard InChI is InChI=1S/C6H4IN3O/c7-9-6-4-1-2-8-3-5(4)11-10-6/h1-3H,(H,9,10). The molecule has 0 aromatic carbocycles. The Labute approximate surface area is 76.5 Å². The Hall–Kier alpha value is -0.850. The number of rotatable bonds is 1. The molecule has 0 unspecified atom stereocenters. The topological polar surface area (TPSA) is 51.0 Å². The van der Waals surface area contributed by atoms with Gasteiger partial charge < -0.3 is 8.05 Å². The summed E-state index contributed by atoms with van der Waals surface area (Å²) in [6.07, 6.45) is 3.34. The molecule has 2 aromatic rings. The molecule has 0 spiro atoms. The van der Waals surface area contributed by atoms with Crippen LogP contribution in [0.15, 0.2) is 23.0 Å². The van der Waals surface area contributed by atoms with E-state index in [4.69, 9.17) is 4.52 Å². The lowest BCUT2D eigenvalue weighted by molar-refractivity contribution is 0.460. The van der Waals surface area contributed by atoms with E-state index in [0.29, 0.717) is 5.58 Å². The monoisotopic (exact) mass is 261 g/mol. The van der Waals surface area contributed by atoms with Crippen molar-refractivity contribution in [2.75, 3.05) is 3.53 Å². The predicted octanol–water partition coefficient (Wildman–Crippen LogP) is 1.98. The van der Waals surface area contributed by atoms with E-state index in [1.807, 2.05) is 28.9 Å². The third kappa shape index (κ3) is 1.05. The number of anilines is 1. The van der Waals surface area contributed by atoms with Crippen molar-refractivity contribution in [2.45, 2.75) is 0 Å². The second kappa shape index (κ2) is 2.65. The van der Waals surface area contributed by atoms with Crippen molar-refractivity contribution in [3.63, 3.8) is 0 Å². The molecular weight excluding hydrogens is 257 g/mol. The molecule has 1 N–H and O–H groups in total. The van der Waals surface area contributed by atoms with Crippen LogP contribution < -0.4 is 3.53 Å². The zero-order chi connectivity index (χ0) is 7.68. The maximum atomic E-state index is 4.96. The number of pyridine rings is 1. The maximum Gasteiger partial charge on any atom is 0.187 e. The molecule has 0 radical (unpaired) electrons. The third-order valence-electron chi connectivity index (χ3n) is 1.36. The first-order chi connectivity index (χ1) is 5.42. The van der Waals surface area contributed by atoms with E-state index < -0.39 is 0 Å². The van der Waals surface area contributed by atoms with Crippen molar-refractivity contribution >= 4 is 39.7 Å². The van der Waals surface area contributed by atoms with Crippen LogP contribution in [0.5, 0.6) is 0 Å². The summed E-state index contributed by atoms with van der Waals surface area (Å²) in [4.78, 5) is 3.90. The molecule has 56 valence electrons. The zero-order valence-corrected chi connectivity index (χ0v) is 7.57. The number of aromatic nitrogens is 2. The SMILES string of the molecule is INc1noc2cnccc12. The number of nitrogens with zero attached hydrogens (tertiary/aromatic N) is 2. The van der Waals surface area contributed by atoms with Gasteiger partial charge in [0.1, 0.15) is 0 Å². The normalized spacial score (nSPS) is 10.3. The maximum absolute atomic E-state index is 4.96. The summed E-state index contributed by atoms with van der Waals surface area (Å²) in [7, 11) is 0. The molecule has 0 saturated heterocycles. The molecule has 0 aliphatic carbocycles. The van der Waals surface area contributed by atoms with Gasteiger partial charge in [0, 0.05) is 6.20 Å². The van der Waals surface area contributed by atoms with Crippen LogP contribution in [0.2, 0.25) is 0 Å².